The van der Waals surface area contributed by atoms with Crippen LogP contribution in [0.1, 0.15) is 41.5 Å². The van der Waals surface area contributed by atoms with Crippen molar-refractivity contribution in [1.82, 2.24) is 4.90 Å². The predicted octanol–water partition coefficient (Wildman–Crippen LogP) is 7.66. The molecule has 181 valence electrons. The molecular weight excluding hydrogens is 416 g/mol. The highest BCUT2D eigenvalue weighted by Crippen LogP contribution is 2.36. The quantitative estimate of drug-likeness (QED) is 0.259. The molecule has 0 saturated carbocycles. The minimum Gasteiger partial charge on any atom is -0.372 e. The summed E-state index contributed by atoms with van der Waals surface area (Å²) >= 11 is 0. The number of hydrogen-bond donors (Lipinski definition) is 0. The van der Waals surface area contributed by atoms with E-state index in [1.54, 1.807) is 0 Å². The highest BCUT2D eigenvalue weighted by atomic mass is 15.2. The van der Waals surface area contributed by atoms with E-state index in [1.807, 2.05) is 0 Å². The molecule has 0 N–H and O–H groups in total. The van der Waals surface area contributed by atoms with Gasteiger partial charge in [-0.15, -0.1) is 0 Å². The molecule has 0 aliphatic rings. The molecule has 3 aromatic rings. The van der Waals surface area contributed by atoms with Crippen molar-refractivity contribution in [1.29, 1.82) is 0 Å². The van der Waals surface area contributed by atoms with Crippen molar-refractivity contribution in [3.05, 3.63) is 72.8 Å². The third kappa shape index (κ3) is 5.74. The van der Waals surface area contributed by atoms with Gasteiger partial charge in [0.05, 0.1) is 0 Å². The second-order valence-electron chi connectivity index (χ2n) is 8.40. The second-order valence-corrected chi connectivity index (χ2v) is 8.40. The van der Waals surface area contributed by atoms with Crippen LogP contribution >= 0.6 is 0 Å². The van der Waals surface area contributed by atoms with Gasteiger partial charge in [0.1, 0.15) is 0 Å². The van der Waals surface area contributed by atoms with Crippen molar-refractivity contribution in [3.63, 3.8) is 0 Å². The fraction of sp³-hybridized carbons (Fsp3) is 0.400. The lowest BCUT2D eigenvalue weighted by atomic mass is 10.1. The monoisotopic (exact) mass is 458 g/mol. The Morgan fingerprint density at radius 3 is 0.765 bits per heavy atom. The minimum atomic E-state index is 1.01. The number of benzene rings is 3. The van der Waals surface area contributed by atoms with Gasteiger partial charge < -0.3 is 14.7 Å². The van der Waals surface area contributed by atoms with E-state index in [2.05, 4.69) is 134 Å². The molecule has 0 atom stereocenters. The first-order chi connectivity index (χ1) is 16.6. The zero-order valence-electron chi connectivity index (χ0n) is 22.0. The molecule has 3 aromatic carbocycles. The van der Waals surface area contributed by atoms with Crippen LogP contribution in [0, 0.1) is 0 Å². The molecule has 0 spiro atoms. The molecule has 0 aliphatic carbocycles. The van der Waals surface area contributed by atoms with Gasteiger partial charge in [-0.3, -0.25) is 0 Å². The van der Waals surface area contributed by atoms with E-state index < -0.39 is 0 Å². The predicted molar refractivity (Wildman–Crippen MR) is 151 cm³/mol. The van der Waals surface area contributed by atoms with Gasteiger partial charge in [0.25, 0.3) is 0 Å². The van der Waals surface area contributed by atoms with Crippen LogP contribution in [-0.2, 0) is 0 Å². The Morgan fingerprint density at radius 1 is 0.382 bits per heavy atom. The van der Waals surface area contributed by atoms with Gasteiger partial charge in [0.2, 0.25) is 0 Å². The topological polar surface area (TPSA) is 15.6 Å². The lowest BCUT2D eigenvalue weighted by Crippen LogP contribution is -2.22. The zero-order chi connectivity index (χ0) is 24.5. The number of nitrogens with zero attached hydrogens (tertiary/aromatic N) is 4. The van der Waals surface area contributed by atoms with Crippen molar-refractivity contribution >= 4 is 34.1 Å². The molecule has 4 heteroatoms. The van der Waals surface area contributed by atoms with Crippen LogP contribution in [0.3, 0.4) is 0 Å². The zero-order valence-corrected chi connectivity index (χ0v) is 22.0. The average Bonchev–Trinajstić information content (AvgIpc) is 2.89. The maximum Gasteiger partial charge on any atom is 0.192 e. The summed E-state index contributed by atoms with van der Waals surface area (Å²) in [5.41, 5.74) is 7.30. The first-order valence-electron chi connectivity index (χ1n) is 12.9. The molecule has 0 bridgehead atoms. The number of hydrogen-bond acceptors (Lipinski definition) is 4. The Hall–Kier alpha value is -2.98. The van der Waals surface area contributed by atoms with Crippen LogP contribution in [0.4, 0.5) is 34.1 Å². The molecule has 0 amide bonds. The van der Waals surface area contributed by atoms with Crippen molar-refractivity contribution in [2.45, 2.75) is 41.5 Å². The second kappa shape index (κ2) is 12.5. The lowest BCUT2D eigenvalue weighted by molar-refractivity contribution is 0.859. The molecule has 0 unspecified atom stereocenters. The fourth-order valence-electron chi connectivity index (χ4n) is 4.65. The Bertz CT molecular complexity index is 836. The van der Waals surface area contributed by atoms with Crippen molar-refractivity contribution in [2.24, 2.45) is 0 Å². The van der Waals surface area contributed by atoms with Gasteiger partial charge in [-0.1, -0.05) is 4.90 Å². The molecular formula is C30H42N4+. The summed E-state index contributed by atoms with van der Waals surface area (Å²) < 4.78 is 0. The molecule has 0 fully saturated rings. The van der Waals surface area contributed by atoms with Crippen LogP contribution < -0.4 is 19.6 Å². The van der Waals surface area contributed by atoms with E-state index in [9.17, 15) is 0 Å². The summed E-state index contributed by atoms with van der Waals surface area (Å²) in [6.45, 7) is 19.3. The first kappa shape index (κ1) is 25.6. The lowest BCUT2D eigenvalue weighted by Gasteiger charge is -2.22. The molecule has 0 aliphatic heterocycles. The van der Waals surface area contributed by atoms with Crippen molar-refractivity contribution in [3.8, 4) is 0 Å². The normalized spacial score (nSPS) is 11.0. The van der Waals surface area contributed by atoms with Gasteiger partial charge in [0.15, 0.2) is 17.1 Å². The van der Waals surface area contributed by atoms with E-state index in [4.69, 9.17) is 0 Å². The largest absolute Gasteiger partial charge is 0.372 e. The molecule has 0 aromatic heterocycles. The number of rotatable bonds is 12. The average molecular weight is 459 g/mol. The first-order valence-corrected chi connectivity index (χ1v) is 12.9. The summed E-state index contributed by atoms with van der Waals surface area (Å²) in [5.74, 6) is 0. The summed E-state index contributed by atoms with van der Waals surface area (Å²) in [4.78, 5) is 9.49. The third-order valence-electron chi connectivity index (χ3n) is 6.71. The van der Waals surface area contributed by atoms with E-state index in [0.717, 1.165) is 39.3 Å². The van der Waals surface area contributed by atoms with Gasteiger partial charge >= 0.3 is 0 Å². The smallest absolute Gasteiger partial charge is 0.192 e. The molecule has 0 saturated heterocycles. The van der Waals surface area contributed by atoms with Crippen LogP contribution in [0.15, 0.2) is 72.8 Å². The molecule has 4 nitrogen and oxygen atoms in total. The SMILES string of the molecule is CCN(CC)c1ccc([N+](c2ccc(N(CC)CC)cc2)c2ccc(N(CC)CC)cc2)cc1. The Morgan fingerprint density at radius 2 is 0.588 bits per heavy atom. The van der Waals surface area contributed by atoms with Crippen LogP contribution in [0.25, 0.3) is 0 Å². The van der Waals surface area contributed by atoms with E-state index in [1.165, 1.54) is 34.1 Å². The minimum absolute atomic E-state index is 1.01. The van der Waals surface area contributed by atoms with Crippen LogP contribution in [-0.4, -0.2) is 39.3 Å². The third-order valence-corrected chi connectivity index (χ3v) is 6.71. The summed E-state index contributed by atoms with van der Waals surface area (Å²) in [7, 11) is 0. The van der Waals surface area contributed by atoms with Crippen molar-refractivity contribution < 1.29 is 0 Å². The molecule has 1 radical (unpaired) electrons. The van der Waals surface area contributed by atoms with E-state index >= 15 is 0 Å². The molecule has 34 heavy (non-hydrogen) atoms. The van der Waals surface area contributed by atoms with Gasteiger partial charge in [-0.25, -0.2) is 0 Å². The summed E-state index contributed by atoms with van der Waals surface area (Å²) in [6.07, 6.45) is 0. The molecule has 3 rings (SSSR count). The van der Waals surface area contributed by atoms with Crippen LogP contribution in [0.2, 0.25) is 0 Å². The van der Waals surface area contributed by atoms with E-state index in [-0.39, 0.29) is 0 Å². The van der Waals surface area contributed by atoms with E-state index in [0.29, 0.717) is 0 Å². The summed E-state index contributed by atoms with van der Waals surface area (Å²) in [6, 6.07) is 26.9. The van der Waals surface area contributed by atoms with Crippen molar-refractivity contribution in [2.75, 3.05) is 54.0 Å². The van der Waals surface area contributed by atoms with Gasteiger partial charge in [-0.2, -0.15) is 0 Å². The Labute approximate surface area is 207 Å². The standard InChI is InChI=1S/C30H42N4/c1-7-31(8-2)25-13-19-28(20-14-25)34(29-21-15-26(16-22-29)32(9-3)10-4)30-23-17-27(18-24-30)33(11-5)12-6/h13-24H,7-12H2,1-6H3/q+1. The Balaban J connectivity index is 2.01. The Kier molecular flexibility index (Phi) is 9.41. The van der Waals surface area contributed by atoms with Gasteiger partial charge in [0, 0.05) is 92.7 Å². The maximum absolute atomic E-state index is 2.38. The highest BCUT2D eigenvalue weighted by molar-refractivity contribution is 5.69. The highest BCUT2D eigenvalue weighted by Gasteiger charge is 2.26. The molecule has 0 heterocycles. The van der Waals surface area contributed by atoms with Crippen LogP contribution in [0.5, 0.6) is 0 Å². The van der Waals surface area contributed by atoms with Gasteiger partial charge in [-0.05, 0) is 77.9 Å². The maximum atomic E-state index is 2.38. The number of anilines is 6. The summed E-state index contributed by atoms with van der Waals surface area (Å²) in [5, 5.41) is 0. The fourth-order valence-corrected chi connectivity index (χ4v) is 4.65.